The van der Waals surface area contributed by atoms with Gasteiger partial charge in [0.15, 0.2) is 6.10 Å². The van der Waals surface area contributed by atoms with Gasteiger partial charge in [-0.3, -0.25) is 4.79 Å². The van der Waals surface area contributed by atoms with Crippen molar-refractivity contribution in [1.82, 2.24) is 4.98 Å². The minimum atomic E-state index is -1.02. The molecular formula is C19H21ClN2O4. The van der Waals surface area contributed by atoms with Crippen LogP contribution in [0.4, 0.5) is 5.69 Å². The van der Waals surface area contributed by atoms with E-state index in [-0.39, 0.29) is 10.7 Å². The molecule has 2 rings (SSSR count). The fourth-order valence-corrected chi connectivity index (χ4v) is 2.82. The molecule has 7 heteroatoms. The predicted molar refractivity (Wildman–Crippen MR) is 100.0 cm³/mol. The van der Waals surface area contributed by atoms with Gasteiger partial charge in [0.2, 0.25) is 0 Å². The van der Waals surface area contributed by atoms with Crippen LogP contribution in [0.2, 0.25) is 5.15 Å². The van der Waals surface area contributed by atoms with E-state index >= 15 is 0 Å². The van der Waals surface area contributed by atoms with E-state index in [9.17, 15) is 9.59 Å². The van der Waals surface area contributed by atoms with Crippen LogP contribution in [0.3, 0.4) is 0 Å². The molecule has 1 heterocycles. The van der Waals surface area contributed by atoms with Gasteiger partial charge in [0, 0.05) is 5.69 Å². The highest BCUT2D eigenvalue weighted by atomic mass is 35.5. The van der Waals surface area contributed by atoms with Crippen LogP contribution in [0, 0.1) is 20.8 Å². The van der Waals surface area contributed by atoms with Crippen LogP contribution in [0.1, 0.15) is 34.1 Å². The molecule has 0 aliphatic carbocycles. The van der Waals surface area contributed by atoms with Crippen LogP contribution in [-0.2, 0) is 9.53 Å². The van der Waals surface area contributed by atoms with Gasteiger partial charge in [-0.2, -0.15) is 0 Å². The zero-order valence-electron chi connectivity index (χ0n) is 15.3. The Hall–Kier alpha value is -2.60. The molecule has 0 spiro atoms. The smallest absolute Gasteiger partial charge is 0.342 e. The molecule has 0 fully saturated rings. The van der Waals surface area contributed by atoms with E-state index in [1.165, 1.54) is 14.0 Å². The largest absolute Gasteiger partial charge is 0.495 e. The number of hydrogen-bond acceptors (Lipinski definition) is 5. The molecule has 138 valence electrons. The van der Waals surface area contributed by atoms with Crippen LogP contribution >= 0.6 is 11.6 Å². The lowest BCUT2D eigenvalue weighted by Crippen LogP contribution is -2.30. The lowest BCUT2D eigenvalue weighted by atomic mass is 10.1. The van der Waals surface area contributed by atoms with Crippen molar-refractivity contribution >= 4 is 29.2 Å². The summed E-state index contributed by atoms with van der Waals surface area (Å²) >= 11 is 6.05. The normalized spacial score (nSPS) is 11.6. The molecule has 1 aromatic heterocycles. The quantitative estimate of drug-likeness (QED) is 0.633. The molecule has 1 atom stereocenters. The van der Waals surface area contributed by atoms with Gasteiger partial charge in [-0.15, -0.1) is 0 Å². The van der Waals surface area contributed by atoms with Crippen LogP contribution in [0.5, 0.6) is 5.75 Å². The van der Waals surface area contributed by atoms with Crippen LogP contribution in [0.15, 0.2) is 24.3 Å². The Kier molecular flexibility index (Phi) is 6.21. The number of rotatable bonds is 5. The number of esters is 1. The molecule has 0 aliphatic rings. The van der Waals surface area contributed by atoms with E-state index < -0.39 is 18.0 Å². The zero-order chi connectivity index (χ0) is 19.4. The Labute approximate surface area is 157 Å². The monoisotopic (exact) mass is 376 g/mol. The van der Waals surface area contributed by atoms with Gasteiger partial charge in [-0.1, -0.05) is 17.7 Å². The Morgan fingerprint density at radius 3 is 2.50 bits per heavy atom. The van der Waals surface area contributed by atoms with Crippen molar-refractivity contribution in [2.75, 3.05) is 12.4 Å². The first kappa shape index (κ1) is 19.7. The van der Waals surface area contributed by atoms with Crippen LogP contribution in [0.25, 0.3) is 0 Å². The van der Waals surface area contributed by atoms with Crippen molar-refractivity contribution < 1.29 is 19.1 Å². The zero-order valence-corrected chi connectivity index (χ0v) is 16.1. The van der Waals surface area contributed by atoms with Crippen molar-refractivity contribution in [2.24, 2.45) is 0 Å². The van der Waals surface area contributed by atoms with Crippen molar-refractivity contribution in [1.29, 1.82) is 0 Å². The Morgan fingerprint density at radius 1 is 1.19 bits per heavy atom. The number of aryl methyl sites for hydroxylation is 3. The Morgan fingerprint density at radius 2 is 1.88 bits per heavy atom. The van der Waals surface area contributed by atoms with Crippen LogP contribution < -0.4 is 10.1 Å². The number of benzene rings is 1. The SMILES string of the molecule is COc1ccc(C)cc1NC(=O)[C@@H](C)OC(=O)c1c(C)cc(C)nc1Cl. The van der Waals surface area contributed by atoms with E-state index in [1.54, 1.807) is 32.0 Å². The summed E-state index contributed by atoms with van der Waals surface area (Å²) in [6, 6.07) is 7.12. The second-order valence-corrected chi connectivity index (χ2v) is 6.34. The minimum Gasteiger partial charge on any atom is -0.495 e. The summed E-state index contributed by atoms with van der Waals surface area (Å²) < 4.78 is 10.5. The van der Waals surface area contributed by atoms with E-state index in [0.717, 1.165) is 5.56 Å². The first-order valence-corrected chi connectivity index (χ1v) is 8.41. The molecule has 1 N–H and O–H groups in total. The van der Waals surface area contributed by atoms with Crippen molar-refractivity contribution in [3.8, 4) is 5.75 Å². The van der Waals surface area contributed by atoms with E-state index in [2.05, 4.69) is 10.3 Å². The number of nitrogens with zero attached hydrogens (tertiary/aromatic N) is 1. The van der Waals surface area contributed by atoms with Crippen molar-refractivity contribution in [2.45, 2.75) is 33.8 Å². The molecule has 0 saturated heterocycles. The molecule has 6 nitrogen and oxygen atoms in total. The summed E-state index contributed by atoms with van der Waals surface area (Å²) in [6.45, 7) is 6.90. The molecular weight excluding hydrogens is 356 g/mol. The fraction of sp³-hybridized carbons (Fsp3) is 0.316. The number of carbonyl (C=O) groups is 2. The number of hydrogen-bond donors (Lipinski definition) is 1. The lowest BCUT2D eigenvalue weighted by Gasteiger charge is -2.16. The molecule has 0 radical (unpaired) electrons. The molecule has 0 unspecified atom stereocenters. The van der Waals surface area contributed by atoms with Gasteiger partial charge < -0.3 is 14.8 Å². The Balaban J connectivity index is 2.13. The number of pyridine rings is 1. The summed E-state index contributed by atoms with van der Waals surface area (Å²) in [4.78, 5) is 28.8. The van der Waals surface area contributed by atoms with Gasteiger partial charge >= 0.3 is 5.97 Å². The number of aromatic nitrogens is 1. The average Bonchev–Trinajstić information content (AvgIpc) is 2.53. The number of ether oxygens (including phenoxy) is 2. The number of methoxy groups -OCH3 is 1. The minimum absolute atomic E-state index is 0.0560. The van der Waals surface area contributed by atoms with Crippen molar-refractivity contribution in [3.63, 3.8) is 0 Å². The van der Waals surface area contributed by atoms with Gasteiger partial charge in [0.25, 0.3) is 5.91 Å². The highest BCUT2D eigenvalue weighted by molar-refractivity contribution is 6.32. The third-order valence-corrected chi connectivity index (χ3v) is 4.04. The molecule has 2 aromatic rings. The average molecular weight is 377 g/mol. The summed E-state index contributed by atoms with van der Waals surface area (Å²) in [5, 5.41) is 2.76. The van der Waals surface area contributed by atoms with E-state index in [1.807, 2.05) is 13.0 Å². The number of carbonyl (C=O) groups excluding carboxylic acids is 2. The number of amides is 1. The molecule has 0 bridgehead atoms. The third kappa shape index (κ3) is 4.52. The topological polar surface area (TPSA) is 77.5 Å². The predicted octanol–water partition coefficient (Wildman–Crippen LogP) is 3.85. The van der Waals surface area contributed by atoms with Gasteiger partial charge in [0.1, 0.15) is 10.9 Å². The van der Waals surface area contributed by atoms with Gasteiger partial charge in [-0.25, -0.2) is 9.78 Å². The van der Waals surface area contributed by atoms with Crippen molar-refractivity contribution in [3.05, 3.63) is 51.8 Å². The van der Waals surface area contributed by atoms with Gasteiger partial charge in [-0.05, 0) is 57.0 Å². The third-order valence-electron chi connectivity index (χ3n) is 3.77. The summed E-state index contributed by atoms with van der Waals surface area (Å²) in [6.07, 6.45) is -1.02. The Bertz CT molecular complexity index is 828. The maximum atomic E-state index is 12.4. The van der Waals surface area contributed by atoms with E-state index in [4.69, 9.17) is 21.1 Å². The maximum Gasteiger partial charge on any atom is 0.342 e. The summed E-state index contributed by atoms with van der Waals surface area (Å²) in [7, 11) is 1.51. The van der Waals surface area contributed by atoms with Crippen LogP contribution in [-0.4, -0.2) is 30.1 Å². The summed E-state index contributed by atoms with van der Waals surface area (Å²) in [5.41, 5.74) is 2.96. The number of nitrogens with one attached hydrogen (secondary N) is 1. The first-order valence-electron chi connectivity index (χ1n) is 8.03. The second-order valence-electron chi connectivity index (χ2n) is 5.99. The van der Waals surface area contributed by atoms with Gasteiger partial charge in [0.05, 0.1) is 18.4 Å². The van der Waals surface area contributed by atoms with E-state index in [0.29, 0.717) is 22.7 Å². The molecule has 0 saturated carbocycles. The molecule has 26 heavy (non-hydrogen) atoms. The highest BCUT2D eigenvalue weighted by Crippen LogP contribution is 2.26. The number of halogens is 1. The number of anilines is 1. The highest BCUT2D eigenvalue weighted by Gasteiger charge is 2.23. The maximum absolute atomic E-state index is 12.4. The lowest BCUT2D eigenvalue weighted by molar-refractivity contribution is -0.123. The first-order chi connectivity index (χ1) is 12.2. The standard InChI is InChI=1S/C19H21ClN2O4/c1-10-6-7-15(25-5)14(8-10)22-18(23)13(4)26-19(24)16-11(2)9-12(3)21-17(16)20/h6-9,13H,1-5H3,(H,22,23)/t13-/m1/s1. The summed E-state index contributed by atoms with van der Waals surface area (Å²) in [5.74, 6) is -0.654. The molecule has 1 aromatic carbocycles. The molecule has 0 aliphatic heterocycles. The molecule has 1 amide bonds. The second kappa shape index (κ2) is 8.19. The fourth-order valence-electron chi connectivity index (χ4n) is 2.46.